The van der Waals surface area contributed by atoms with Gasteiger partial charge < -0.3 is 24.7 Å². The zero-order chi connectivity index (χ0) is 21.3. The van der Waals surface area contributed by atoms with Crippen molar-refractivity contribution in [2.75, 3.05) is 19.7 Å². The van der Waals surface area contributed by atoms with Gasteiger partial charge in [0.15, 0.2) is 0 Å². The van der Waals surface area contributed by atoms with E-state index in [9.17, 15) is 23.4 Å². The number of aliphatic hydroxyl groups excluding tert-OH is 2. The highest BCUT2D eigenvalue weighted by molar-refractivity contribution is 7.89. The van der Waals surface area contributed by atoms with E-state index >= 15 is 0 Å². The summed E-state index contributed by atoms with van der Waals surface area (Å²) in [5, 5.41) is 21.0. The summed E-state index contributed by atoms with van der Waals surface area (Å²) in [4.78, 5) is 16.5. The van der Waals surface area contributed by atoms with Gasteiger partial charge in [-0.1, -0.05) is 18.2 Å². The number of para-hydroxylation sites is 1. The van der Waals surface area contributed by atoms with E-state index in [0.29, 0.717) is 11.0 Å². The van der Waals surface area contributed by atoms with Crippen molar-refractivity contribution in [1.82, 2.24) is 18.8 Å². The molecule has 0 amide bonds. The van der Waals surface area contributed by atoms with Crippen LogP contribution >= 0.6 is 0 Å². The van der Waals surface area contributed by atoms with E-state index in [1.165, 1.54) is 18.2 Å². The monoisotopic (exact) mass is 430 g/mol. The van der Waals surface area contributed by atoms with Crippen LogP contribution in [0.5, 0.6) is 0 Å². The number of hydrogen-bond donors (Lipinski definition) is 4. The average molecular weight is 430 g/mol. The van der Waals surface area contributed by atoms with E-state index in [4.69, 9.17) is 0 Å². The van der Waals surface area contributed by atoms with Crippen molar-refractivity contribution in [3.63, 3.8) is 0 Å². The predicted molar refractivity (Wildman–Crippen MR) is 113 cm³/mol. The molecule has 2 aromatic carbocycles. The van der Waals surface area contributed by atoms with Crippen molar-refractivity contribution in [1.29, 1.82) is 0 Å². The Labute approximate surface area is 172 Å². The molecule has 0 aliphatic carbocycles. The van der Waals surface area contributed by atoms with Gasteiger partial charge in [0.05, 0.1) is 28.6 Å². The fourth-order valence-electron chi connectivity index (χ4n) is 3.56. The normalized spacial score (nSPS) is 13.4. The lowest BCUT2D eigenvalue weighted by atomic mass is 10.2. The molecule has 10 heteroatoms. The molecule has 0 radical (unpaired) electrons. The number of aromatic nitrogens is 3. The van der Waals surface area contributed by atoms with Crippen LogP contribution in [-0.2, 0) is 16.6 Å². The number of rotatable bonds is 8. The number of H-pyrrole nitrogens is 2. The van der Waals surface area contributed by atoms with Crippen LogP contribution in [-0.4, -0.2) is 63.3 Å². The Balaban J connectivity index is 1.57. The lowest BCUT2D eigenvalue weighted by molar-refractivity contribution is 0.122. The van der Waals surface area contributed by atoms with Crippen LogP contribution < -0.4 is 5.69 Å². The molecule has 2 aromatic heterocycles. The third-order valence-electron chi connectivity index (χ3n) is 4.98. The fourth-order valence-corrected chi connectivity index (χ4v) is 5.06. The maximum absolute atomic E-state index is 13.1. The van der Waals surface area contributed by atoms with Crippen molar-refractivity contribution in [3.8, 4) is 0 Å². The van der Waals surface area contributed by atoms with Crippen LogP contribution in [0.3, 0.4) is 0 Å². The molecule has 4 aromatic rings. The van der Waals surface area contributed by atoms with Gasteiger partial charge in [-0.3, -0.25) is 0 Å². The van der Waals surface area contributed by atoms with E-state index < -0.39 is 21.8 Å². The SMILES string of the molecule is O=c1[nH]c2ccc(S(=O)(=O)N(CCO)C[C@H](O)Cn3ccc4ccccc43)cc2[nH]1. The van der Waals surface area contributed by atoms with Gasteiger partial charge in [-0.25, -0.2) is 13.2 Å². The van der Waals surface area contributed by atoms with Crippen LogP contribution in [0.4, 0.5) is 0 Å². The molecule has 0 bridgehead atoms. The highest BCUT2D eigenvalue weighted by Gasteiger charge is 2.27. The number of aromatic amines is 2. The molecule has 0 aliphatic rings. The Morgan fingerprint density at radius 2 is 1.83 bits per heavy atom. The van der Waals surface area contributed by atoms with Gasteiger partial charge in [0.1, 0.15) is 0 Å². The zero-order valence-electron chi connectivity index (χ0n) is 16.0. The number of sulfonamides is 1. The zero-order valence-corrected chi connectivity index (χ0v) is 16.8. The first-order chi connectivity index (χ1) is 14.4. The van der Waals surface area contributed by atoms with E-state index in [-0.39, 0.29) is 31.1 Å². The minimum Gasteiger partial charge on any atom is -0.395 e. The first-order valence-corrected chi connectivity index (χ1v) is 10.9. The molecule has 4 rings (SSSR count). The Morgan fingerprint density at radius 3 is 2.63 bits per heavy atom. The molecule has 1 atom stereocenters. The number of hydrogen-bond acceptors (Lipinski definition) is 5. The molecule has 0 aliphatic heterocycles. The van der Waals surface area contributed by atoms with Crippen molar-refractivity contribution in [3.05, 3.63) is 65.2 Å². The quantitative estimate of drug-likeness (QED) is 0.329. The molecular weight excluding hydrogens is 408 g/mol. The minimum atomic E-state index is -3.99. The third kappa shape index (κ3) is 3.90. The molecular formula is C20H22N4O5S. The Morgan fingerprint density at radius 1 is 1.07 bits per heavy atom. The van der Waals surface area contributed by atoms with E-state index in [1.807, 2.05) is 41.1 Å². The number of benzene rings is 2. The third-order valence-corrected chi connectivity index (χ3v) is 6.84. The van der Waals surface area contributed by atoms with Crippen LogP contribution in [0.2, 0.25) is 0 Å². The standard InChI is InChI=1S/C20H22N4O5S/c25-10-9-24(13-15(26)12-23-8-7-14-3-1-2-4-19(14)23)30(28,29)16-5-6-17-18(11-16)22-20(27)21-17/h1-8,11,15,25-26H,9-10,12-13H2,(H2,21,22,27)/t15-/m1/s1. The second kappa shape index (κ2) is 8.07. The predicted octanol–water partition coefficient (Wildman–Crippen LogP) is 0.855. The highest BCUT2D eigenvalue weighted by Crippen LogP contribution is 2.20. The van der Waals surface area contributed by atoms with Gasteiger partial charge in [0.2, 0.25) is 10.0 Å². The molecule has 0 fully saturated rings. The van der Waals surface area contributed by atoms with Crippen molar-refractivity contribution >= 4 is 32.0 Å². The summed E-state index contributed by atoms with van der Waals surface area (Å²) in [6.45, 7) is -0.526. The number of nitrogens with zero attached hydrogens (tertiary/aromatic N) is 2. The summed E-state index contributed by atoms with van der Waals surface area (Å²) in [5.74, 6) is 0. The van der Waals surface area contributed by atoms with Gasteiger partial charge in [0.25, 0.3) is 0 Å². The Bertz CT molecular complexity index is 1340. The van der Waals surface area contributed by atoms with Gasteiger partial charge >= 0.3 is 5.69 Å². The second-order valence-corrected chi connectivity index (χ2v) is 8.99. The Kier molecular flexibility index (Phi) is 5.48. The molecule has 0 unspecified atom stereocenters. The topological polar surface area (TPSA) is 131 Å². The van der Waals surface area contributed by atoms with Gasteiger partial charge in [-0.2, -0.15) is 4.31 Å². The first-order valence-electron chi connectivity index (χ1n) is 9.43. The maximum atomic E-state index is 13.1. The summed E-state index contributed by atoms with van der Waals surface area (Å²) in [6.07, 6.45) is 0.854. The summed E-state index contributed by atoms with van der Waals surface area (Å²) in [7, 11) is -3.99. The molecule has 30 heavy (non-hydrogen) atoms. The van der Waals surface area contributed by atoms with E-state index in [0.717, 1.165) is 15.2 Å². The van der Waals surface area contributed by atoms with Crippen LogP contribution in [0.25, 0.3) is 21.9 Å². The first kappa shape index (κ1) is 20.4. The highest BCUT2D eigenvalue weighted by atomic mass is 32.2. The van der Waals surface area contributed by atoms with Crippen molar-refractivity contribution < 1.29 is 18.6 Å². The minimum absolute atomic E-state index is 0.0303. The lowest BCUT2D eigenvalue weighted by Crippen LogP contribution is -2.40. The molecule has 158 valence electrons. The Hall–Kier alpha value is -2.92. The van der Waals surface area contributed by atoms with Gasteiger partial charge in [-0.15, -0.1) is 0 Å². The molecule has 9 nitrogen and oxygen atoms in total. The lowest BCUT2D eigenvalue weighted by Gasteiger charge is -2.24. The summed E-state index contributed by atoms with van der Waals surface area (Å²) < 4.78 is 29.1. The number of fused-ring (bicyclic) bond motifs is 2. The summed E-state index contributed by atoms with van der Waals surface area (Å²) >= 11 is 0. The fraction of sp³-hybridized carbons (Fsp3) is 0.250. The number of aliphatic hydroxyl groups is 2. The molecule has 0 spiro atoms. The summed E-state index contributed by atoms with van der Waals surface area (Å²) in [5.41, 5.74) is 1.37. The number of nitrogens with one attached hydrogen (secondary N) is 2. The van der Waals surface area contributed by atoms with Gasteiger partial charge in [-0.05, 0) is 35.7 Å². The smallest absolute Gasteiger partial charge is 0.323 e. The summed E-state index contributed by atoms with van der Waals surface area (Å²) in [6, 6.07) is 13.9. The molecule has 0 saturated heterocycles. The van der Waals surface area contributed by atoms with E-state index in [1.54, 1.807) is 0 Å². The van der Waals surface area contributed by atoms with Crippen LogP contribution in [0, 0.1) is 0 Å². The maximum Gasteiger partial charge on any atom is 0.323 e. The largest absolute Gasteiger partial charge is 0.395 e. The van der Waals surface area contributed by atoms with Crippen LogP contribution in [0.1, 0.15) is 0 Å². The molecule has 0 saturated carbocycles. The van der Waals surface area contributed by atoms with Gasteiger partial charge in [0, 0.05) is 31.3 Å². The van der Waals surface area contributed by atoms with Crippen LogP contribution in [0.15, 0.2) is 64.4 Å². The average Bonchev–Trinajstić information content (AvgIpc) is 3.29. The molecule has 2 heterocycles. The number of imidazole rings is 1. The second-order valence-electron chi connectivity index (χ2n) is 7.05. The van der Waals surface area contributed by atoms with Crippen molar-refractivity contribution in [2.45, 2.75) is 17.5 Å². The van der Waals surface area contributed by atoms with Crippen molar-refractivity contribution in [2.24, 2.45) is 0 Å². The van der Waals surface area contributed by atoms with E-state index in [2.05, 4.69) is 9.97 Å². The molecule has 4 N–H and O–H groups in total.